The standard InChI is InChI=1S/C57H88O34/c58-16-33-40(70)45(75)52(91-57-51(44(74)39(69)34(17-59)87-57)89-37(67)8-4-20-2-6-25(61)28(64)10-20)56(86-33)85-32-15-23-26(62)13-22(82-54-47(77)42(72)41(71)35(88-54)18-81-36(66)7-3-19-1-5-24(60)27(63)9-19)14-30(23)83-49(32)21-11-29(65)38(68)31(12-21)84-55-48(78)43(73)46(76)50(90-55)53(79)80/h3-4,7-8,19-35,38-52,54-65,68-78H,1-2,5-6,9-18H2,(H,79,80)/t19?,20?,21?,22?,23?,24?,25?,26?,27?,28?,29?,30?,31?,32?,33-,34-,35-,38?,39-,40+,41-,42+,43+,44+,45+,46+,47-,48-,49?,50+,51-,52-,54-,55-,56-,57+/m1/s1. The lowest BCUT2D eigenvalue weighted by molar-refractivity contribution is -0.380. The first kappa shape index (κ1) is 72.0. The average Bonchev–Trinajstić information content (AvgIpc) is 1.47. The summed E-state index contributed by atoms with van der Waals surface area (Å²) in [5, 5.41) is 216. The Bertz CT molecular complexity index is 2430. The van der Waals surface area contributed by atoms with E-state index in [1.54, 1.807) is 0 Å². The van der Waals surface area contributed by atoms with Crippen molar-refractivity contribution in [2.45, 2.75) is 267 Å². The number of hydrogen-bond donors (Lipinski definition) is 20. The molecule has 520 valence electrons. The summed E-state index contributed by atoms with van der Waals surface area (Å²) in [6, 6.07) is 0. The minimum atomic E-state index is -2.14. The fourth-order valence-corrected chi connectivity index (χ4v) is 13.8. The first-order valence-electron chi connectivity index (χ1n) is 30.8. The van der Waals surface area contributed by atoms with Crippen LogP contribution < -0.4 is 0 Å². The van der Waals surface area contributed by atoms with Crippen LogP contribution in [-0.2, 0) is 66.5 Å². The van der Waals surface area contributed by atoms with E-state index in [2.05, 4.69) is 0 Å². The molecule has 0 spiro atoms. The van der Waals surface area contributed by atoms with Crippen molar-refractivity contribution < 1.29 is 169 Å². The molecule has 0 aromatic carbocycles. The highest BCUT2D eigenvalue weighted by Crippen LogP contribution is 2.46. The van der Waals surface area contributed by atoms with Crippen LogP contribution in [0.1, 0.15) is 70.6 Å². The van der Waals surface area contributed by atoms with Crippen LogP contribution >= 0.6 is 0 Å². The monoisotopic (exact) mass is 1320 g/mol. The molecule has 4 aliphatic carbocycles. The number of aliphatic carboxylic acids is 1. The maximum absolute atomic E-state index is 13.4. The van der Waals surface area contributed by atoms with Gasteiger partial charge in [0.1, 0.15) is 98.2 Å². The van der Waals surface area contributed by atoms with Crippen molar-refractivity contribution >= 4 is 17.9 Å². The highest BCUT2D eigenvalue weighted by Gasteiger charge is 2.58. The zero-order chi connectivity index (χ0) is 66.0. The number of ether oxygens (including phenoxy) is 11. The number of carboxylic acids is 1. The number of carboxylic acid groups (broad SMARTS) is 1. The molecule has 0 aromatic heterocycles. The second-order valence-electron chi connectivity index (χ2n) is 25.4. The van der Waals surface area contributed by atoms with Crippen LogP contribution in [0.2, 0.25) is 0 Å². The highest BCUT2D eigenvalue weighted by atomic mass is 16.8. The van der Waals surface area contributed by atoms with Crippen molar-refractivity contribution in [3.05, 3.63) is 24.3 Å². The van der Waals surface area contributed by atoms with E-state index >= 15 is 0 Å². The third-order valence-electron chi connectivity index (χ3n) is 19.2. The number of allylic oxidation sites excluding steroid dienone is 2. The summed E-state index contributed by atoms with van der Waals surface area (Å²) in [7, 11) is 0. The summed E-state index contributed by atoms with van der Waals surface area (Å²) in [5.41, 5.74) is 0. The van der Waals surface area contributed by atoms with Gasteiger partial charge < -0.3 is 154 Å². The Morgan fingerprint density at radius 2 is 0.945 bits per heavy atom. The highest BCUT2D eigenvalue weighted by molar-refractivity contribution is 5.82. The van der Waals surface area contributed by atoms with Gasteiger partial charge in [0, 0.05) is 30.9 Å². The number of carbonyl (C=O) groups is 3. The SMILES string of the molecule is O=C(C=CC1CCC(O)C(O)C1)OC[C@H]1O[C@@H](OC2CC(O)C3CC(O[C@@H]4O[C@H](CO)[C@H](O)[C@H](O)[C@H]4O[C@@H]4O[C@H](CO)[C@@H](O)[C@H](O)[C@H]4OC(=O)C=CC4CCC(O)C(O)C4)C(C4CC(O)C(O)C(O[C@@H]5O[C@H](C(=O)O)[C@@H](O)[C@H](O)[C@H]5O)C4)OC3C2)[C@H](O)[C@@H](O)[C@@H]1O. The summed E-state index contributed by atoms with van der Waals surface area (Å²) in [6.45, 7) is -2.56. The van der Waals surface area contributed by atoms with Gasteiger partial charge in [0.15, 0.2) is 37.4 Å². The van der Waals surface area contributed by atoms with Crippen molar-refractivity contribution in [2.24, 2.45) is 23.7 Å². The summed E-state index contributed by atoms with van der Waals surface area (Å²) >= 11 is 0. The van der Waals surface area contributed by atoms with Crippen molar-refractivity contribution in [3.63, 3.8) is 0 Å². The molecule has 5 heterocycles. The van der Waals surface area contributed by atoms with Gasteiger partial charge in [-0.05, 0) is 75.5 Å². The van der Waals surface area contributed by atoms with Crippen molar-refractivity contribution in [2.75, 3.05) is 19.8 Å². The second-order valence-corrected chi connectivity index (χ2v) is 25.4. The Labute approximate surface area is 519 Å². The lowest BCUT2D eigenvalue weighted by Crippen LogP contribution is -2.66. The normalized spacial score (nSPS) is 50.1. The third kappa shape index (κ3) is 16.6. The molecule has 9 rings (SSSR count). The van der Waals surface area contributed by atoms with Crippen LogP contribution in [0.25, 0.3) is 0 Å². The molecule has 91 heavy (non-hydrogen) atoms. The lowest BCUT2D eigenvalue weighted by Gasteiger charge is -2.53. The number of rotatable bonds is 19. The minimum Gasteiger partial charge on any atom is -0.479 e. The molecule has 34 heteroatoms. The van der Waals surface area contributed by atoms with Gasteiger partial charge in [0.25, 0.3) is 0 Å². The second kappa shape index (κ2) is 31.3. The molecule has 34 nitrogen and oxygen atoms in total. The molecule has 20 N–H and O–H groups in total. The van der Waals surface area contributed by atoms with E-state index in [9.17, 15) is 117 Å². The van der Waals surface area contributed by atoms with Gasteiger partial charge in [-0.1, -0.05) is 12.2 Å². The van der Waals surface area contributed by atoms with Crippen molar-refractivity contribution in [1.82, 2.24) is 0 Å². The molecule has 0 bridgehead atoms. The molecular weight excluding hydrogens is 1230 g/mol. The van der Waals surface area contributed by atoms with Crippen LogP contribution in [-0.4, -0.2) is 336 Å². The van der Waals surface area contributed by atoms with E-state index in [0.717, 1.165) is 12.2 Å². The van der Waals surface area contributed by atoms with Crippen LogP contribution in [0.4, 0.5) is 0 Å². The third-order valence-corrected chi connectivity index (χ3v) is 19.2. The summed E-state index contributed by atoms with van der Waals surface area (Å²) in [5.74, 6) is -6.42. The van der Waals surface area contributed by atoms with Gasteiger partial charge in [-0.15, -0.1) is 0 Å². The molecule has 36 atom stereocenters. The summed E-state index contributed by atoms with van der Waals surface area (Å²) in [4.78, 5) is 38.2. The van der Waals surface area contributed by atoms with Gasteiger partial charge in [-0.25, -0.2) is 14.4 Å². The molecule has 0 radical (unpaired) electrons. The van der Waals surface area contributed by atoms with E-state index in [1.807, 2.05) is 0 Å². The predicted octanol–water partition coefficient (Wildman–Crippen LogP) is -9.22. The Morgan fingerprint density at radius 3 is 1.53 bits per heavy atom. The van der Waals surface area contributed by atoms with Crippen LogP contribution in [0.5, 0.6) is 0 Å². The summed E-state index contributed by atoms with van der Waals surface area (Å²) in [6.07, 6.45) is -48.9. The molecule has 0 aromatic rings. The van der Waals surface area contributed by atoms with E-state index in [-0.39, 0.29) is 57.3 Å². The van der Waals surface area contributed by atoms with E-state index in [4.69, 9.17) is 52.1 Å². The lowest BCUT2D eigenvalue weighted by atomic mass is 9.72. The predicted molar refractivity (Wildman–Crippen MR) is 291 cm³/mol. The van der Waals surface area contributed by atoms with Crippen molar-refractivity contribution in [3.8, 4) is 0 Å². The maximum Gasteiger partial charge on any atom is 0.335 e. The van der Waals surface area contributed by atoms with Crippen LogP contribution in [0.15, 0.2) is 24.3 Å². The van der Waals surface area contributed by atoms with E-state index in [1.165, 1.54) is 12.2 Å². The van der Waals surface area contributed by atoms with E-state index < -0.39 is 252 Å². The largest absolute Gasteiger partial charge is 0.479 e. The van der Waals surface area contributed by atoms with Gasteiger partial charge >= 0.3 is 17.9 Å². The Kier molecular flexibility index (Phi) is 24.8. The minimum absolute atomic E-state index is 0.0947. The van der Waals surface area contributed by atoms with E-state index in [0.29, 0.717) is 19.3 Å². The van der Waals surface area contributed by atoms with Crippen LogP contribution in [0, 0.1) is 23.7 Å². The molecule has 4 saturated carbocycles. The first-order chi connectivity index (χ1) is 43.2. The number of aliphatic hydroxyl groups excluding tert-OH is 19. The quantitative estimate of drug-likeness (QED) is 0.0422. The smallest absolute Gasteiger partial charge is 0.335 e. The molecule has 9 aliphatic rings. The number of hydrogen-bond acceptors (Lipinski definition) is 33. The van der Waals surface area contributed by atoms with Gasteiger partial charge in [-0.3, -0.25) is 0 Å². The summed E-state index contributed by atoms with van der Waals surface area (Å²) < 4.78 is 65.6. The zero-order valence-electron chi connectivity index (χ0n) is 49.2. The fraction of sp³-hybridized carbons (Fsp3) is 0.877. The molecule has 5 saturated heterocycles. The number of aliphatic hydroxyl groups is 19. The molecule has 9 fully saturated rings. The Hall–Kier alpha value is -3.23. The molecular formula is C57H88O34. The zero-order valence-corrected chi connectivity index (χ0v) is 49.2. The maximum atomic E-state index is 13.4. The Morgan fingerprint density at radius 1 is 0.418 bits per heavy atom. The fourth-order valence-electron chi connectivity index (χ4n) is 13.8. The van der Waals surface area contributed by atoms with Crippen LogP contribution in [0.3, 0.4) is 0 Å². The molecule has 16 unspecified atom stereocenters. The van der Waals surface area contributed by atoms with Gasteiger partial charge in [0.2, 0.25) is 0 Å². The average molecular weight is 1320 g/mol. The topological polar surface area (TPSA) is 557 Å². The molecule has 5 aliphatic heterocycles. The molecule has 0 amide bonds. The van der Waals surface area contributed by atoms with Gasteiger partial charge in [-0.2, -0.15) is 0 Å². The van der Waals surface area contributed by atoms with Crippen molar-refractivity contribution in [1.29, 1.82) is 0 Å². The number of esters is 2. The number of fused-ring (bicyclic) bond motifs is 1. The number of carbonyl (C=O) groups excluding carboxylic acids is 2. The first-order valence-corrected chi connectivity index (χ1v) is 30.8. The Balaban J connectivity index is 0.961. The van der Waals surface area contributed by atoms with Gasteiger partial charge in [0.05, 0.1) is 80.4 Å².